The van der Waals surface area contributed by atoms with E-state index in [-0.39, 0.29) is 5.91 Å². The van der Waals surface area contributed by atoms with E-state index in [4.69, 9.17) is 4.74 Å². The van der Waals surface area contributed by atoms with Gasteiger partial charge in [-0.2, -0.15) is 0 Å². The zero-order chi connectivity index (χ0) is 19.2. The van der Waals surface area contributed by atoms with Gasteiger partial charge in [-0.15, -0.1) is 0 Å². The molecule has 0 atom stereocenters. The average molecular weight is 362 g/mol. The number of methoxy groups -OCH3 is 1. The molecule has 1 heterocycles. The first-order valence-corrected chi connectivity index (χ1v) is 8.64. The first kappa shape index (κ1) is 18.4. The summed E-state index contributed by atoms with van der Waals surface area (Å²) < 4.78 is 5.38. The standard InChI is InChI=1S/C21H22N4O2/c1-14-9-10-19(27-3)17(11-14)25-20-12-18(23-15(2)24-20)21(26)22-13-16-7-5-4-6-8-16/h4-12H,13H2,1-3H3,(H,22,26)(H,23,24,25). The van der Waals surface area contributed by atoms with Gasteiger partial charge in [-0.25, -0.2) is 9.97 Å². The van der Waals surface area contributed by atoms with Crippen LogP contribution in [0.25, 0.3) is 0 Å². The van der Waals surface area contributed by atoms with Crippen LogP contribution in [0.3, 0.4) is 0 Å². The van der Waals surface area contributed by atoms with E-state index >= 15 is 0 Å². The van der Waals surface area contributed by atoms with E-state index in [2.05, 4.69) is 20.6 Å². The number of hydrogen-bond acceptors (Lipinski definition) is 5. The number of benzene rings is 2. The number of nitrogens with one attached hydrogen (secondary N) is 2. The number of aromatic nitrogens is 2. The average Bonchev–Trinajstić information content (AvgIpc) is 2.66. The summed E-state index contributed by atoms with van der Waals surface area (Å²) in [5, 5.41) is 6.10. The molecular weight excluding hydrogens is 340 g/mol. The Hall–Kier alpha value is -3.41. The second-order valence-corrected chi connectivity index (χ2v) is 6.18. The lowest BCUT2D eigenvalue weighted by molar-refractivity contribution is 0.0945. The number of nitrogens with zero attached hydrogens (tertiary/aromatic N) is 2. The molecule has 3 rings (SSSR count). The molecular formula is C21H22N4O2. The van der Waals surface area contributed by atoms with Crippen LogP contribution in [0.15, 0.2) is 54.6 Å². The molecule has 6 nitrogen and oxygen atoms in total. The van der Waals surface area contributed by atoms with E-state index in [0.717, 1.165) is 16.8 Å². The van der Waals surface area contributed by atoms with Crippen LogP contribution in [0, 0.1) is 13.8 Å². The molecule has 2 N–H and O–H groups in total. The minimum atomic E-state index is -0.247. The fourth-order valence-electron chi connectivity index (χ4n) is 2.67. The topological polar surface area (TPSA) is 76.1 Å². The van der Waals surface area contributed by atoms with E-state index in [1.807, 2.05) is 55.5 Å². The summed E-state index contributed by atoms with van der Waals surface area (Å²) in [5.41, 5.74) is 3.21. The fraction of sp³-hybridized carbons (Fsp3) is 0.190. The van der Waals surface area contributed by atoms with Crippen molar-refractivity contribution < 1.29 is 9.53 Å². The predicted octanol–water partition coefficient (Wildman–Crippen LogP) is 3.78. The molecule has 0 radical (unpaired) electrons. The Morgan fingerprint density at radius 3 is 2.56 bits per heavy atom. The lowest BCUT2D eigenvalue weighted by Gasteiger charge is -2.13. The lowest BCUT2D eigenvalue weighted by Crippen LogP contribution is -2.24. The Morgan fingerprint density at radius 1 is 1.04 bits per heavy atom. The van der Waals surface area contributed by atoms with Crippen LogP contribution in [-0.2, 0) is 6.54 Å². The van der Waals surface area contributed by atoms with E-state index in [1.165, 1.54) is 0 Å². The van der Waals surface area contributed by atoms with Gasteiger partial charge in [-0.3, -0.25) is 4.79 Å². The third-order valence-corrected chi connectivity index (χ3v) is 3.98. The van der Waals surface area contributed by atoms with Crippen molar-refractivity contribution >= 4 is 17.4 Å². The molecule has 0 bridgehead atoms. The normalized spacial score (nSPS) is 10.3. The third-order valence-electron chi connectivity index (χ3n) is 3.98. The maximum atomic E-state index is 12.5. The number of aryl methyl sites for hydroxylation is 2. The number of hydrogen-bond donors (Lipinski definition) is 2. The molecule has 3 aromatic rings. The highest BCUT2D eigenvalue weighted by Crippen LogP contribution is 2.28. The summed E-state index contributed by atoms with van der Waals surface area (Å²) >= 11 is 0. The lowest BCUT2D eigenvalue weighted by atomic mass is 10.2. The van der Waals surface area contributed by atoms with Crippen molar-refractivity contribution in [3.05, 3.63) is 77.2 Å². The molecule has 0 saturated heterocycles. The van der Waals surface area contributed by atoms with Crippen molar-refractivity contribution in [2.45, 2.75) is 20.4 Å². The predicted molar refractivity (Wildman–Crippen MR) is 105 cm³/mol. The molecule has 1 amide bonds. The van der Waals surface area contributed by atoms with E-state index in [9.17, 15) is 4.79 Å². The number of amides is 1. The van der Waals surface area contributed by atoms with Crippen LogP contribution < -0.4 is 15.4 Å². The van der Waals surface area contributed by atoms with E-state index in [1.54, 1.807) is 20.1 Å². The van der Waals surface area contributed by atoms with Crippen LogP contribution >= 0.6 is 0 Å². The van der Waals surface area contributed by atoms with Crippen LogP contribution in [0.5, 0.6) is 5.75 Å². The highest BCUT2D eigenvalue weighted by Gasteiger charge is 2.12. The van der Waals surface area contributed by atoms with Crippen molar-refractivity contribution in [1.29, 1.82) is 0 Å². The maximum Gasteiger partial charge on any atom is 0.270 e. The highest BCUT2D eigenvalue weighted by atomic mass is 16.5. The summed E-state index contributed by atoms with van der Waals surface area (Å²) in [6, 6.07) is 17.2. The molecule has 27 heavy (non-hydrogen) atoms. The van der Waals surface area contributed by atoms with E-state index < -0.39 is 0 Å². The summed E-state index contributed by atoms with van der Waals surface area (Å²) in [6.07, 6.45) is 0. The first-order valence-electron chi connectivity index (χ1n) is 8.64. The molecule has 2 aromatic carbocycles. The van der Waals surface area contributed by atoms with Crippen molar-refractivity contribution in [1.82, 2.24) is 15.3 Å². The molecule has 0 aliphatic heterocycles. The van der Waals surface area contributed by atoms with E-state index in [0.29, 0.717) is 29.6 Å². The molecule has 0 saturated carbocycles. The molecule has 0 fully saturated rings. The Morgan fingerprint density at radius 2 is 1.81 bits per heavy atom. The molecule has 6 heteroatoms. The van der Waals surface area contributed by atoms with Crippen LogP contribution in [0.1, 0.15) is 27.4 Å². The Kier molecular flexibility index (Phi) is 5.66. The number of carbonyl (C=O) groups excluding carboxylic acids is 1. The molecule has 0 aliphatic carbocycles. The third kappa shape index (κ3) is 4.82. The zero-order valence-electron chi connectivity index (χ0n) is 15.6. The highest BCUT2D eigenvalue weighted by molar-refractivity contribution is 5.93. The van der Waals surface area contributed by atoms with Crippen LogP contribution in [0.2, 0.25) is 0 Å². The van der Waals surface area contributed by atoms with Gasteiger partial charge < -0.3 is 15.4 Å². The van der Waals surface area contributed by atoms with Crippen molar-refractivity contribution in [2.75, 3.05) is 12.4 Å². The number of anilines is 2. The van der Waals surface area contributed by atoms with Gasteiger partial charge >= 0.3 is 0 Å². The molecule has 1 aromatic heterocycles. The number of carbonyl (C=O) groups is 1. The minimum Gasteiger partial charge on any atom is -0.495 e. The van der Waals surface area contributed by atoms with Gasteiger partial charge in [0.2, 0.25) is 0 Å². The van der Waals surface area contributed by atoms with Crippen LogP contribution in [0.4, 0.5) is 11.5 Å². The Bertz CT molecular complexity index is 942. The second kappa shape index (κ2) is 8.31. The molecule has 0 aliphatic rings. The first-order chi connectivity index (χ1) is 13.0. The van der Waals surface area contributed by atoms with Gasteiger partial charge in [-0.05, 0) is 37.1 Å². The second-order valence-electron chi connectivity index (χ2n) is 6.18. The summed E-state index contributed by atoms with van der Waals surface area (Å²) in [4.78, 5) is 21.1. The molecule has 0 spiro atoms. The quantitative estimate of drug-likeness (QED) is 0.698. The van der Waals surface area contributed by atoms with Gasteiger partial charge in [0.15, 0.2) is 0 Å². The number of ether oxygens (including phenoxy) is 1. The van der Waals surface area contributed by atoms with Crippen molar-refractivity contribution in [2.24, 2.45) is 0 Å². The number of rotatable bonds is 6. The SMILES string of the molecule is COc1ccc(C)cc1Nc1cc(C(=O)NCc2ccccc2)nc(C)n1. The van der Waals surface area contributed by atoms with Crippen molar-refractivity contribution in [3.63, 3.8) is 0 Å². The monoisotopic (exact) mass is 362 g/mol. The van der Waals surface area contributed by atoms with Crippen LogP contribution in [-0.4, -0.2) is 23.0 Å². The zero-order valence-corrected chi connectivity index (χ0v) is 15.6. The molecule has 138 valence electrons. The molecule has 0 unspecified atom stereocenters. The van der Waals surface area contributed by atoms with Gasteiger partial charge in [0.1, 0.15) is 23.1 Å². The minimum absolute atomic E-state index is 0.247. The summed E-state index contributed by atoms with van der Waals surface area (Å²) in [7, 11) is 1.61. The smallest absolute Gasteiger partial charge is 0.270 e. The maximum absolute atomic E-state index is 12.5. The summed E-state index contributed by atoms with van der Waals surface area (Å²) in [5.74, 6) is 1.50. The fourth-order valence-corrected chi connectivity index (χ4v) is 2.67. The van der Waals surface area contributed by atoms with Gasteiger partial charge in [-0.1, -0.05) is 36.4 Å². The largest absolute Gasteiger partial charge is 0.495 e. The summed E-state index contributed by atoms with van der Waals surface area (Å²) in [6.45, 7) is 4.20. The Balaban J connectivity index is 1.78. The van der Waals surface area contributed by atoms with Crippen molar-refractivity contribution in [3.8, 4) is 5.75 Å². The van der Waals surface area contributed by atoms with Gasteiger partial charge in [0.25, 0.3) is 5.91 Å². The Labute approximate surface area is 158 Å². The van der Waals surface area contributed by atoms with Gasteiger partial charge in [0, 0.05) is 12.6 Å². The van der Waals surface area contributed by atoms with Gasteiger partial charge in [0.05, 0.1) is 12.8 Å².